The van der Waals surface area contributed by atoms with Crippen LogP contribution < -0.4 is 5.32 Å². The molecule has 17 heavy (non-hydrogen) atoms. The normalized spacial score (nSPS) is 16.6. The molecule has 1 aliphatic heterocycles. The van der Waals surface area contributed by atoms with Crippen molar-refractivity contribution < 1.29 is 4.79 Å². The second-order valence-corrected chi connectivity index (χ2v) is 5.13. The van der Waals surface area contributed by atoms with Gasteiger partial charge in [-0.1, -0.05) is 24.2 Å². The molecule has 6 heteroatoms. The number of likely N-dealkylation sites (tertiary alicyclic amines) is 1. The maximum absolute atomic E-state index is 12.2. The van der Waals surface area contributed by atoms with E-state index >= 15 is 0 Å². The largest absolute Gasteiger partial charge is 0.360 e. The molecule has 0 aromatic carbocycles. The molecule has 1 fully saturated rings. The molecule has 0 unspecified atom stereocenters. The Balaban J connectivity index is 2.01. The number of nitrogens with zero attached hydrogens (tertiary/aromatic N) is 3. The van der Waals surface area contributed by atoms with Crippen LogP contribution >= 0.6 is 11.3 Å². The van der Waals surface area contributed by atoms with Crippen LogP contribution in [0, 0.1) is 0 Å². The lowest BCUT2D eigenvalue weighted by Crippen LogP contribution is -2.31. The first kappa shape index (κ1) is 12.3. The summed E-state index contributed by atoms with van der Waals surface area (Å²) in [7, 11) is 0. The van der Waals surface area contributed by atoms with Crippen LogP contribution in [-0.2, 0) is 0 Å². The van der Waals surface area contributed by atoms with Crippen molar-refractivity contribution in [2.45, 2.75) is 32.6 Å². The first-order valence-corrected chi connectivity index (χ1v) is 6.99. The van der Waals surface area contributed by atoms with Crippen molar-refractivity contribution >= 4 is 22.4 Å². The highest BCUT2D eigenvalue weighted by atomic mass is 32.1. The van der Waals surface area contributed by atoms with E-state index in [4.69, 9.17) is 0 Å². The molecule has 0 spiro atoms. The van der Waals surface area contributed by atoms with Crippen LogP contribution in [0.2, 0.25) is 0 Å². The van der Waals surface area contributed by atoms with E-state index in [2.05, 4.69) is 15.5 Å². The second-order valence-electron chi connectivity index (χ2n) is 4.15. The third-order valence-corrected chi connectivity index (χ3v) is 3.70. The van der Waals surface area contributed by atoms with Gasteiger partial charge in [0.05, 0.1) is 0 Å². The molecule has 1 aliphatic rings. The predicted octanol–water partition coefficient (Wildman–Crippen LogP) is 1.99. The summed E-state index contributed by atoms with van der Waals surface area (Å²) in [5, 5.41) is 12.2. The number of carbonyl (C=O) groups excluding carboxylic acids is 1. The number of hydrogen-bond acceptors (Lipinski definition) is 5. The molecule has 0 bridgehead atoms. The Morgan fingerprint density at radius 2 is 2.00 bits per heavy atom. The number of anilines is 1. The summed E-state index contributed by atoms with van der Waals surface area (Å²) in [6, 6.07) is 0. The van der Waals surface area contributed by atoms with Crippen LogP contribution in [0.1, 0.15) is 42.4 Å². The molecular weight excluding hydrogens is 236 g/mol. The summed E-state index contributed by atoms with van der Waals surface area (Å²) in [6.07, 6.45) is 4.65. The number of rotatable bonds is 3. The lowest BCUT2D eigenvalue weighted by atomic mass is 10.2. The lowest BCUT2D eigenvalue weighted by Gasteiger charge is -2.18. The minimum Gasteiger partial charge on any atom is -0.360 e. The number of hydrogen-bond donors (Lipinski definition) is 1. The van der Waals surface area contributed by atoms with Gasteiger partial charge < -0.3 is 10.2 Å². The van der Waals surface area contributed by atoms with Gasteiger partial charge in [0.25, 0.3) is 5.91 Å². The molecule has 0 atom stereocenters. The van der Waals surface area contributed by atoms with Gasteiger partial charge in [0.15, 0.2) is 0 Å². The molecule has 1 N–H and O–H groups in total. The molecule has 1 amide bonds. The van der Waals surface area contributed by atoms with E-state index in [1.165, 1.54) is 24.2 Å². The average Bonchev–Trinajstić information content (AvgIpc) is 2.64. The van der Waals surface area contributed by atoms with Gasteiger partial charge >= 0.3 is 0 Å². The van der Waals surface area contributed by atoms with Gasteiger partial charge in [0.1, 0.15) is 0 Å². The van der Waals surface area contributed by atoms with E-state index in [1.807, 2.05) is 11.8 Å². The van der Waals surface area contributed by atoms with Crippen LogP contribution in [0.25, 0.3) is 0 Å². The van der Waals surface area contributed by atoms with Gasteiger partial charge in [-0.2, -0.15) is 0 Å². The fourth-order valence-corrected chi connectivity index (χ4v) is 2.72. The van der Waals surface area contributed by atoms with Gasteiger partial charge in [0.2, 0.25) is 10.1 Å². The van der Waals surface area contributed by atoms with Crippen molar-refractivity contribution in [2.75, 3.05) is 25.0 Å². The van der Waals surface area contributed by atoms with Crippen molar-refractivity contribution in [1.82, 2.24) is 15.1 Å². The summed E-state index contributed by atoms with van der Waals surface area (Å²) in [5.74, 6) is 0.0357. The number of aromatic nitrogens is 2. The van der Waals surface area contributed by atoms with Crippen molar-refractivity contribution in [3.63, 3.8) is 0 Å². The minimum atomic E-state index is 0.0357. The second kappa shape index (κ2) is 5.95. The zero-order chi connectivity index (χ0) is 12.1. The Morgan fingerprint density at radius 1 is 1.29 bits per heavy atom. The number of carbonyl (C=O) groups is 1. The monoisotopic (exact) mass is 254 g/mol. The van der Waals surface area contributed by atoms with Crippen molar-refractivity contribution in [2.24, 2.45) is 0 Å². The maximum Gasteiger partial charge on any atom is 0.284 e. The summed E-state index contributed by atoms with van der Waals surface area (Å²) in [6.45, 7) is 4.51. The molecule has 1 saturated heterocycles. The summed E-state index contributed by atoms with van der Waals surface area (Å²) in [5.41, 5.74) is 0. The molecule has 94 valence electrons. The highest BCUT2D eigenvalue weighted by Crippen LogP contribution is 2.18. The van der Waals surface area contributed by atoms with E-state index in [-0.39, 0.29) is 5.91 Å². The maximum atomic E-state index is 12.2. The van der Waals surface area contributed by atoms with Crippen LogP contribution in [0.15, 0.2) is 0 Å². The Bertz CT molecular complexity index is 371. The van der Waals surface area contributed by atoms with Gasteiger partial charge in [0, 0.05) is 19.6 Å². The standard InChI is InChI=1S/C11H18N4OS/c1-2-12-11-14-13-9(17-11)10(16)15-7-5-3-4-6-8-15/h2-8H2,1H3,(H,12,14). The molecule has 5 nitrogen and oxygen atoms in total. The van der Waals surface area contributed by atoms with Gasteiger partial charge in [-0.3, -0.25) is 4.79 Å². The highest BCUT2D eigenvalue weighted by molar-refractivity contribution is 7.17. The Morgan fingerprint density at radius 3 is 2.65 bits per heavy atom. The van der Waals surface area contributed by atoms with Gasteiger partial charge in [-0.05, 0) is 19.8 Å². The van der Waals surface area contributed by atoms with Crippen molar-refractivity contribution in [1.29, 1.82) is 0 Å². The molecule has 0 saturated carbocycles. The fourth-order valence-electron chi connectivity index (χ4n) is 1.94. The van der Waals surface area contributed by atoms with E-state index in [1.54, 1.807) is 0 Å². The third-order valence-electron chi connectivity index (χ3n) is 2.83. The van der Waals surface area contributed by atoms with E-state index in [9.17, 15) is 4.79 Å². The molecule has 0 radical (unpaired) electrons. The highest BCUT2D eigenvalue weighted by Gasteiger charge is 2.20. The average molecular weight is 254 g/mol. The Labute approximate surface area is 105 Å². The van der Waals surface area contributed by atoms with E-state index < -0.39 is 0 Å². The molecule has 1 aromatic heterocycles. The molecule has 0 aliphatic carbocycles. The van der Waals surface area contributed by atoms with Crippen LogP contribution in [0.5, 0.6) is 0 Å². The van der Waals surface area contributed by atoms with Crippen molar-refractivity contribution in [3.8, 4) is 0 Å². The van der Waals surface area contributed by atoms with Crippen molar-refractivity contribution in [3.05, 3.63) is 5.01 Å². The number of amides is 1. The quantitative estimate of drug-likeness (QED) is 0.896. The van der Waals surface area contributed by atoms with Crippen LogP contribution in [-0.4, -0.2) is 40.6 Å². The third kappa shape index (κ3) is 3.15. The molecule has 2 heterocycles. The predicted molar refractivity (Wildman–Crippen MR) is 68.4 cm³/mol. The Hall–Kier alpha value is -1.17. The SMILES string of the molecule is CCNc1nnc(C(=O)N2CCCCCC2)s1. The van der Waals surface area contributed by atoms with Gasteiger partial charge in [-0.25, -0.2) is 0 Å². The first-order valence-electron chi connectivity index (χ1n) is 6.18. The van der Waals surface area contributed by atoms with E-state index in [0.29, 0.717) is 5.01 Å². The van der Waals surface area contributed by atoms with Gasteiger partial charge in [-0.15, -0.1) is 10.2 Å². The molecule has 1 aromatic rings. The first-order chi connectivity index (χ1) is 8.31. The van der Waals surface area contributed by atoms with E-state index in [0.717, 1.165) is 37.6 Å². The molecular formula is C11H18N4OS. The zero-order valence-corrected chi connectivity index (χ0v) is 10.9. The smallest absolute Gasteiger partial charge is 0.284 e. The summed E-state index contributed by atoms with van der Waals surface area (Å²) in [4.78, 5) is 14.1. The summed E-state index contributed by atoms with van der Waals surface area (Å²) < 4.78 is 0. The van der Waals surface area contributed by atoms with Crippen LogP contribution in [0.4, 0.5) is 5.13 Å². The Kier molecular flexibility index (Phi) is 4.30. The lowest BCUT2D eigenvalue weighted by molar-refractivity contribution is 0.0760. The fraction of sp³-hybridized carbons (Fsp3) is 0.727. The zero-order valence-electron chi connectivity index (χ0n) is 10.1. The topological polar surface area (TPSA) is 58.1 Å². The number of nitrogens with one attached hydrogen (secondary N) is 1. The molecule has 2 rings (SSSR count). The minimum absolute atomic E-state index is 0.0357. The summed E-state index contributed by atoms with van der Waals surface area (Å²) >= 11 is 1.34. The van der Waals surface area contributed by atoms with Crippen LogP contribution in [0.3, 0.4) is 0 Å².